The number of carbonyl (C=O) groups excluding carboxylic acids is 2. The van der Waals surface area contributed by atoms with Crippen LogP contribution in [0.3, 0.4) is 0 Å². The van der Waals surface area contributed by atoms with Crippen LogP contribution in [-0.2, 0) is 20.9 Å². The van der Waals surface area contributed by atoms with E-state index in [2.05, 4.69) is 0 Å². The number of thioether (sulfide) groups is 1. The minimum Gasteiger partial charge on any atom is -0.481 e. The van der Waals surface area contributed by atoms with Gasteiger partial charge in [0.05, 0.1) is 12.5 Å². The van der Waals surface area contributed by atoms with Crippen molar-refractivity contribution in [1.29, 1.82) is 0 Å². The predicted octanol–water partition coefficient (Wildman–Crippen LogP) is 1.84. The molecule has 1 N–H and O–H groups in total. The van der Waals surface area contributed by atoms with Crippen LogP contribution in [0.1, 0.15) is 25.3 Å². The molecular weight excluding hydrogens is 340 g/mol. The zero-order valence-electron chi connectivity index (χ0n) is 14.4. The third kappa shape index (κ3) is 6.08. The lowest BCUT2D eigenvalue weighted by Crippen LogP contribution is -2.48. The van der Waals surface area contributed by atoms with Gasteiger partial charge in [-0.1, -0.05) is 30.3 Å². The van der Waals surface area contributed by atoms with Crippen molar-refractivity contribution in [1.82, 2.24) is 9.80 Å². The standard InChI is InChI=1S/C18H24N2O4S/c1-14(21)19(12-15-5-3-2-4-6-15)8-7-17(22)20-9-10-25-13-16(20)11-18(23)24/h2-6,16H,7-13H2,1H3,(H,23,24). The van der Waals surface area contributed by atoms with Gasteiger partial charge >= 0.3 is 5.97 Å². The summed E-state index contributed by atoms with van der Waals surface area (Å²) in [4.78, 5) is 38.7. The Labute approximate surface area is 152 Å². The molecule has 0 radical (unpaired) electrons. The van der Waals surface area contributed by atoms with Gasteiger partial charge in [0.25, 0.3) is 0 Å². The van der Waals surface area contributed by atoms with Crippen molar-refractivity contribution in [3.63, 3.8) is 0 Å². The second kappa shape index (κ2) is 9.46. The van der Waals surface area contributed by atoms with Crippen LogP contribution in [0.2, 0.25) is 0 Å². The second-order valence-electron chi connectivity index (χ2n) is 6.09. The quantitative estimate of drug-likeness (QED) is 0.799. The van der Waals surface area contributed by atoms with E-state index in [0.29, 0.717) is 25.4 Å². The fraction of sp³-hybridized carbons (Fsp3) is 0.500. The molecule has 0 bridgehead atoms. The molecule has 1 saturated heterocycles. The number of hydrogen-bond donors (Lipinski definition) is 1. The molecule has 0 aliphatic carbocycles. The van der Waals surface area contributed by atoms with Gasteiger partial charge in [-0.15, -0.1) is 0 Å². The van der Waals surface area contributed by atoms with E-state index in [0.717, 1.165) is 11.3 Å². The first-order chi connectivity index (χ1) is 12.0. The minimum atomic E-state index is -0.889. The van der Waals surface area contributed by atoms with Gasteiger partial charge < -0.3 is 14.9 Å². The normalized spacial score (nSPS) is 17.2. The number of carboxylic acids is 1. The Morgan fingerprint density at radius 2 is 2.00 bits per heavy atom. The molecule has 1 unspecified atom stereocenters. The molecule has 2 rings (SSSR count). The van der Waals surface area contributed by atoms with Crippen molar-refractivity contribution < 1.29 is 19.5 Å². The summed E-state index contributed by atoms with van der Waals surface area (Å²) in [5, 5.41) is 9.02. The summed E-state index contributed by atoms with van der Waals surface area (Å²) in [5.41, 5.74) is 1.02. The summed E-state index contributed by atoms with van der Waals surface area (Å²) in [6.07, 6.45) is 0.187. The summed E-state index contributed by atoms with van der Waals surface area (Å²) in [7, 11) is 0. The van der Waals surface area contributed by atoms with Crippen LogP contribution < -0.4 is 0 Å². The number of carboxylic acid groups (broad SMARTS) is 1. The molecule has 0 spiro atoms. The number of aliphatic carboxylic acids is 1. The van der Waals surface area contributed by atoms with Crippen LogP contribution in [0, 0.1) is 0 Å². The van der Waals surface area contributed by atoms with Gasteiger partial charge in [0.2, 0.25) is 11.8 Å². The van der Waals surface area contributed by atoms with Crippen LogP contribution >= 0.6 is 11.8 Å². The number of carbonyl (C=O) groups is 3. The molecule has 136 valence electrons. The molecule has 1 aliphatic heterocycles. The van der Waals surface area contributed by atoms with E-state index < -0.39 is 5.97 Å². The molecule has 1 fully saturated rings. The summed E-state index contributed by atoms with van der Waals surface area (Å²) in [6, 6.07) is 9.39. The molecule has 2 amide bonds. The van der Waals surface area contributed by atoms with Crippen LogP contribution in [0.25, 0.3) is 0 Å². The summed E-state index contributed by atoms with van der Waals surface area (Å²) < 4.78 is 0. The first-order valence-electron chi connectivity index (χ1n) is 8.36. The van der Waals surface area contributed by atoms with Crippen LogP contribution in [0.4, 0.5) is 0 Å². The molecule has 1 aliphatic rings. The minimum absolute atomic E-state index is 0.0286. The lowest BCUT2D eigenvalue weighted by Gasteiger charge is -2.35. The number of benzene rings is 1. The zero-order chi connectivity index (χ0) is 18.2. The predicted molar refractivity (Wildman–Crippen MR) is 97.2 cm³/mol. The lowest BCUT2D eigenvalue weighted by molar-refractivity contribution is -0.140. The SMILES string of the molecule is CC(=O)N(CCC(=O)N1CCSCC1CC(=O)O)Cc1ccccc1. The van der Waals surface area contributed by atoms with Gasteiger partial charge in [0, 0.05) is 44.5 Å². The van der Waals surface area contributed by atoms with Crippen LogP contribution in [0.5, 0.6) is 0 Å². The number of rotatable bonds is 7. The monoisotopic (exact) mass is 364 g/mol. The Bertz CT molecular complexity index is 608. The number of hydrogen-bond acceptors (Lipinski definition) is 4. The highest BCUT2D eigenvalue weighted by atomic mass is 32.2. The van der Waals surface area contributed by atoms with E-state index in [1.807, 2.05) is 30.3 Å². The summed E-state index contributed by atoms with van der Waals surface area (Å²) in [5.74, 6) is 0.430. The van der Waals surface area contributed by atoms with Gasteiger partial charge in [-0.3, -0.25) is 14.4 Å². The Hall–Kier alpha value is -2.02. The van der Waals surface area contributed by atoms with Crippen LogP contribution in [0.15, 0.2) is 30.3 Å². The van der Waals surface area contributed by atoms with Crippen molar-refractivity contribution in [2.45, 2.75) is 32.4 Å². The first kappa shape index (κ1) is 19.3. The number of nitrogens with zero attached hydrogens (tertiary/aromatic N) is 2. The van der Waals surface area contributed by atoms with E-state index in [1.165, 1.54) is 6.92 Å². The zero-order valence-corrected chi connectivity index (χ0v) is 15.2. The molecular formula is C18H24N2O4S. The third-order valence-electron chi connectivity index (χ3n) is 4.22. The molecule has 1 aromatic rings. The Morgan fingerprint density at radius 1 is 1.28 bits per heavy atom. The van der Waals surface area contributed by atoms with Crippen molar-refractivity contribution in [3.05, 3.63) is 35.9 Å². The number of amides is 2. The van der Waals surface area contributed by atoms with E-state index >= 15 is 0 Å². The molecule has 1 aromatic carbocycles. The van der Waals surface area contributed by atoms with Gasteiger partial charge in [0.1, 0.15) is 0 Å². The fourth-order valence-corrected chi connectivity index (χ4v) is 3.94. The van der Waals surface area contributed by atoms with Gasteiger partial charge in [0.15, 0.2) is 0 Å². The maximum atomic E-state index is 12.6. The van der Waals surface area contributed by atoms with Gasteiger partial charge in [-0.25, -0.2) is 0 Å². The highest BCUT2D eigenvalue weighted by Crippen LogP contribution is 2.20. The van der Waals surface area contributed by atoms with E-state index in [-0.39, 0.29) is 30.7 Å². The highest BCUT2D eigenvalue weighted by molar-refractivity contribution is 7.99. The van der Waals surface area contributed by atoms with Crippen molar-refractivity contribution in [3.8, 4) is 0 Å². The largest absolute Gasteiger partial charge is 0.481 e. The maximum absolute atomic E-state index is 12.6. The molecule has 1 heterocycles. The topological polar surface area (TPSA) is 77.9 Å². The third-order valence-corrected chi connectivity index (χ3v) is 5.31. The van der Waals surface area contributed by atoms with Gasteiger partial charge in [-0.2, -0.15) is 11.8 Å². The average molecular weight is 364 g/mol. The Kier molecular flexibility index (Phi) is 7.31. The van der Waals surface area contributed by atoms with Crippen LogP contribution in [-0.4, -0.2) is 63.3 Å². The van der Waals surface area contributed by atoms with E-state index in [1.54, 1.807) is 21.6 Å². The second-order valence-corrected chi connectivity index (χ2v) is 7.24. The summed E-state index contributed by atoms with van der Waals surface area (Å²) in [6.45, 7) is 2.88. The fourth-order valence-electron chi connectivity index (χ4n) is 2.88. The van der Waals surface area contributed by atoms with Crippen molar-refractivity contribution >= 4 is 29.5 Å². The average Bonchev–Trinajstić information content (AvgIpc) is 2.59. The molecule has 6 nitrogen and oxygen atoms in total. The Morgan fingerprint density at radius 3 is 2.64 bits per heavy atom. The first-order valence-corrected chi connectivity index (χ1v) is 9.51. The Balaban J connectivity index is 1.93. The summed E-state index contributed by atoms with van der Waals surface area (Å²) >= 11 is 1.68. The molecule has 7 heteroatoms. The van der Waals surface area contributed by atoms with E-state index in [4.69, 9.17) is 5.11 Å². The maximum Gasteiger partial charge on any atom is 0.305 e. The molecule has 0 aromatic heterocycles. The van der Waals surface area contributed by atoms with Gasteiger partial charge in [-0.05, 0) is 5.56 Å². The molecule has 1 atom stereocenters. The smallest absolute Gasteiger partial charge is 0.305 e. The highest BCUT2D eigenvalue weighted by Gasteiger charge is 2.28. The molecule has 25 heavy (non-hydrogen) atoms. The lowest BCUT2D eigenvalue weighted by atomic mass is 10.1. The molecule has 0 saturated carbocycles. The van der Waals surface area contributed by atoms with Crippen molar-refractivity contribution in [2.75, 3.05) is 24.6 Å². The van der Waals surface area contributed by atoms with Crippen molar-refractivity contribution in [2.24, 2.45) is 0 Å². The van der Waals surface area contributed by atoms with E-state index in [9.17, 15) is 14.4 Å².